The van der Waals surface area contributed by atoms with Crippen LogP contribution < -0.4 is 11.2 Å². The molecule has 0 bridgehead atoms. The number of amides is 1. The van der Waals surface area contributed by atoms with Gasteiger partial charge in [0.05, 0.1) is 5.71 Å². The summed E-state index contributed by atoms with van der Waals surface area (Å²) < 4.78 is 0. The summed E-state index contributed by atoms with van der Waals surface area (Å²) >= 11 is 0. The molecule has 2 aliphatic rings. The average molecular weight is 243 g/mol. The van der Waals surface area contributed by atoms with Gasteiger partial charge in [0.25, 0.3) is 0 Å². The SMILES string of the molecule is Nc1cccc(C2=NNC(=O)[C@H]3CCCC[C@H]23)c1. The first-order valence-corrected chi connectivity index (χ1v) is 6.49. The summed E-state index contributed by atoms with van der Waals surface area (Å²) in [6.45, 7) is 0. The summed E-state index contributed by atoms with van der Waals surface area (Å²) in [5.74, 6) is 0.425. The number of anilines is 1. The molecule has 0 unspecified atom stereocenters. The number of nitrogens with zero attached hydrogens (tertiary/aromatic N) is 1. The summed E-state index contributed by atoms with van der Waals surface area (Å²) in [6.07, 6.45) is 4.33. The lowest BCUT2D eigenvalue weighted by atomic mass is 9.74. The van der Waals surface area contributed by atoms with E-state index >= 15 is 0 Å². The maximum absolute atomic E-state index is 11.8. The molecule has 94 valence electrons. The largest absolute Gasteiger partial charge is 0.399 e. The third-order valence-corrected chi connectivity index (χ3v) is 3.92. The topological polar surface area (TPSA) is 67.5 Å². The normalized spacial score (nSPS) is 27.1. The zero-order valence-corrected chi connectivity index (χ0v) is 10.2. The van der Waals surface area contributed by atoms with Crippen LogP contribution in [0.1, 0.15) is 31.2 Å². The van der Waals surface area contributed by atoms with Crippen LogP contribution >= 0.6 is 0 Å². The molecule has 0 spiro atoms. The molecule has 1 aromatic carbocycles. The van der Waals surface area contributed by atoms with Gasteiger partial charge in [0.2, 0.25) is 5.91 Å². The van der Waals surface area contributed by atoms with E-state index in [4.69, 9.17) is 5.73 Å². The van der Waals surface area contributed by atoms with Gasteiger partial charge in [0, 0.05) is 23.1 Å². The molecule has 1 amide bonds. The predicted molar refractivity (Wildman–Crippen MR) is 71.0 cm³/mol. The molecule has 1 aromatic rings. The molecule has 1 aliphatic carbocycles. The second kappa shape index (κ2) is 4.44. The summed E-state index contributed by atoms with van der Waals surface area (Å²) in [7, 11) is 0. The van der Waals surface area contributed by atoms with E-state index in [1.54, 1.807) is 0 Å². The van der Waals surface area contributed by atoms with E-state index in [1.165, 1.54) is 6.42 Å². The molecule has 1 saturated carbocycles. The van der Waals surface area contributed by atoms with Crippen molar-refractivity contribution in [1.82, 2.24) is 5.43 Å². The third-order valence-electron chi connectivity index (χ3n) is 3.92. The monoisotopic (exact) mass is 243 g/mol. The van der Waals surface area contributed by atoms with E-state index < -0.39 is 0 Å². The van der Waals surface area contributed by atoms with Gasteiger partial charge >= 0.3 is 0 Å². The van der Waals surface area contributed by atoms with E-state index in [-0.39, 0.29) is 17.7 Å². The zero-order valence-electron chi connectivity index (χ0n) is 10.2. The minimum absolute atomic E-state index is 0.0763. The Hall–Kier alpha value is -1.84. The van der Waals surface area contributed by atoms with Gasteiger partial charge in [-0.25, -0.2) is 5.43 Å². The Labute approximate surface area is 106 Å². The summed E-state index contributed by atoms with van der Waals surface area (Å²) in [6, 6.07) is 7.74. The van der Waals surface area contributed by atoms with Crippen molar-refractivity contribution in [2.75, 3.05) is 5.73 Å². The first-order chi connectivity index (χ1) is 8.75. The molecule has 3 N–H and O–H groups in total. The van der Waals surface area contributed by atoms with Gasteiger partial charge in [-0.05, 0) is 25.0 Å². The molecule has 1 heterocycles. The van der Waals surface area contributed by atoms with Crippen LogP contribution in [0.25, 0.3) is 0 Å². The maximum atomic E-state index is 11.8. The highest BCUT2D eigenvalue weighted by molar-refractivity contribution is 6.07. The molecule has 1 aliphatic heterocycles. The highest BCUT2D eigenvalue weighted by atomic mass is 16.2. The van der Waals surface area contributed by atoms with Gasteiger partial charge in [-0.1, -0.05) is 25.0 Å². The molecule has 0 saturated heterocycles. The molecule has 0 radical (unpaired) electrons. The number of nitrogen functional groups attached to an aromatic ring is 1. The van der Waals surface area contributed by atoms with Crippen molar-refractivity contribution in [2.45, 2.75) is 25.7 Å². The number of hydrogen-bond acceptors (Lipinski definition) is 3. The van der Waals surface area contributed by atoms with Gasteiger partial charge in [-0.3, -0.25) is 4.79 Å². The number of rotatable bonds is 1. The van der Waals surface area contributed by atoms with Crippen molar-refractivity contribution in [3.05, 3.63) is 29.8 Å². The van der Waals surface area contributed by atoms with Crippen molar-refractivity contribution in [1.29, 1.82) is 0 Å². The highest BCUT2D eigenvalue weighted by Crippen LogP contribution is 2.35. The van der Waals surface area contributed by atoms with Crippen LogP contribution in [0, 0.1) is 11.8 Å². The van der Waals surface area contributed by atoms with Crippen LogP contribution in [0.5, 0.6) is 0 Å². The van der Waals surface area contributed by atoms with Crippen molar-refractivity contribution in [3.8, 4) is 0 Å². The number of carbonyl (C=O) groups is 1. The summed E-state index contributed by atoms with van der Waals surface area (Å²) in [5.41, 5.74) is 11.2. The first kappa shape index (κ1) is 11.3. The fraction of sp³-hybridized carbons (Fsp3) is 0.429. The Morgan fingerprint density at radius 1 is 1.22 bits per heavy atom. The molecule has 2 atom stereocenters. The number of hydrogen-bond donors (Lipinski definition) is 2. The Balaban J connectivity index is 1.98. The molecule has 1 fully saturated rings. The van der Waals surface area contributed by atoms with Gasteiger partial charge in [0.1, 0.15) is 0 Å². The van der Waals surface area contributed by atoms with Crippen molar-refractivity contribution in [3.63, 3.8) is 0 Å². The zero-order chi connectivity index (χ0) is 12.5. The Kier molecular flexibility index (Phi) is 2.78. The van der Waals surface area contributed by atoms with Crippen molar-refractivity contribution >= 4 is 17.3 Å². The van der Waals surface area contributed by atoms with Crippen LogP contribution in [0.4, 0.5) is 5.69 Å². The Morgan fingerprint density at radius 3 is 2.78 bits per heavy atom. The number of nitrogens with one attached hydrogen (secondary N) is 1. The van der Waals surface area contributed by atoms with Gasteiger partial charge in [0.15, 0.2) is 0 Å². The van der Waals surface area contributed by atoms with Gasteiger partial charge in [-0.15, -0.1) is 0 Å². The Bertz CT molecular complexity index is 510. The van der Waals surface area contributed by atoms with Crippen LogP contribution in [-0.4, -0.2) is 11.6 Å². The maximum Gasteiger partial charge on any atom is 0.243 e. The van der Waals surface area contributed by atoms with E-state index in [9.17, 15) is 4.79 Å². The van der Waals surface area contributed by atoms with E-state index in [0.29, 0.717) is 0 Å². The number of carbonyl (C=O) groups excluding carboxylic acids is 1. The van der Waals surface area contributed by atoms with E-state index in [1.807, 2.05) is 24.3 Å². The van der Waals surface area contributed by atoms with Crippen molar-refractivity contribution in [2.24, 2.45) is 16.9 Å². The Morgan fingerprint density at radius 2 is 2.00 bits per heavy atom. The fourth-order valence-electron chi connectivity index (χ4n) is 3.03. The number of benzene rings is 1. The number of nitrogens with two attached hydrogens (primary N) is 1. The van der Waals surface area contributed by atoms with Crippen molar-refractivity contribution < 1.29 is 4.79 Å². The lowest BCUT2D eigenvalue weighted by Gasteiger charge is -2.34. The highest BCUT2D eigenvalue weighted by Gasteiger charge is 2.37. The van der Waals surface area contributed by atoms with Gasteiger partial charge < -0.3 is 5.73 Å². The minimum atomic E-state index is 0.0763. The molecule has 4 nitrogen and oxygen atoms in total. The van der Waals surface area contributed by atoms with Crippen LogP contribution in [0.2, 0.25) is 0 Å². The average Bonchev–Trinajstić information content (AvgIpc) is 2.39. The quantitative estimate of drug-likeness (QED) is 0.740. The molecular weight excluding hydrogens is 226 g/mol. The molecular formula is C14H17N3O. The predicted octanol–water partition coefficient (Wildman–Crippen LogP) is 1.91. The van der Waals surface area contributed by atoms with E-state index in [0.717, 1.165) is 36.2 Å². The molecule has 0 aromatic heterocycles. The smallest absolute Gasteiger partial charge is 0.243 e. The van der Waals surface area contributed by atoms with Gasteiger partial charge in [-0.2, -0.15) is 5.10 Å². The molecule has 3 rings (SSSR count). The third kappa shape index (κ3) is 1.88. The number of hydrazone groups is 1. The second-order valence-corrected chi connectivity index (χ2v) is 5.10. The lowest BCUT2D eigenvalue weighted by molar-refractivity contribution is -0.127. The first-order valence-electron chi connectivity index (χ1n) is 6.49. The molecule has 4 heteroatoms. The lowest BCUT2D eigenvalue weighted by Crippen LogP contribution is -2.43. The van der Waals surface area contributed by atoms with Crippen LogP contribution in [0.15, 0.2) is 29.4 Å². The van der Waals surface area contributed by atoms with E-state index in [2.05, 4.69) is 10.5 Å². The standard InChI is InChI=1S/C14H17N3O/c15-10-5-3-4-9(8-10)13-11-6-1-2-7-12(11)14(18)17-16-13/h3-5,8,11-12H,1-2,6-7,15H2,(H,17,18)/t11-,12-/m0/s1. The molecule has 18 heavy (non-hydrogen) atoms. The summed E-state index contributed by atoms with van der Waals surface area (Å²) in [5, 5.41) is 4.27. The number of fused-ring (bicyclic) bond motifs is 1. The summed E-state index contributed by atoms with van der Waals surface area (Å²) in [4.78, 5) is 11.8. The van der Waals surface area contributed by atoms with Crippen LogP contribution in [0.3, 0.4) is 0 Å². The van der Waals surface area contributed by atoms with Crippen LogP contribution in [-0.2, 0) is 4.79 Å². The fourth-order valence-corrected chi connectivity index (χ4v) is 3.03. The second-order valence-electron chi connectivity index (χ2n) is 5.10. The minimum Gasteiger partial charge on any atom is -0.399 e.